The van der Waals surface area contributed by atoms with Crippen LogP contribution in [-0.4, -0.2) is 21.7 Å². The van der Waals surface area contributed by atoms with Gasteiger partial charge in [0.2, 0.25) is 0 Å². The molecule has 0 saturated carbocycles. The molecule has 3 heterocycles. The lowest BCUT2D eigenvalue weighted by Crippen LogP contribution is -1.91. The van der Waals surface area contributed by atoms with Crippen LogP contribution in [0.15, 0.2) is 40.9 Å². The van der Waals surface area contributed by atoms with Crippen LogP contribution in [0.5, 0.6) is 5.75 Å². The maximum atomic E-state index is 6.04. The Morgan fingerprint density at radius 3 is 2.91 bits per heavy atom. The van der Waals surface area contributed by atoms with E-state index < -0.39 is 0 Å². The van der Waals surface area contributed by atoms with Gasteiger partial charge in [-0.3, -0.25) is 0 Å². The number of benzene rings is 1. The van der Waals surface area contributed by atoms with Crippen LogP contribution >= 0.6 is 11.6 Å². The number of alkyl halides is 1. The number of ether oxygens (including phenoxy) is 1. The van der Waals surface area contributed by atoms with Gasteiger partial charge >= 0.3 is 0 Å². The van der Waals surface area contributed by atoms with Crippen LogP contribution in [0, 0.1) is 6.92 Å². The van der Waals surface area contributed by atoms with Crippen LogP contribution in [0.2, 0.25) is 0 Å². The highest BCUT2D eigenvalue weighted by Gasteiger charge is 2.14. The molecule has 1 aromatic carbocycles. The number of rotatable bonds is 3. The van der Waals surface area contributed by atoms with Gasteiger partial charge in [0.25, 0.3) is 0 Å². The molecule has 0 saturated heterocycles. The number of halogens is 1. The molecule has 0 fully saturated rings. The minimum absolute atomic E-state index is 0.387. The van der Waals surface area contributed by atoms with Crippen LogP contribution in [0.1, 0.15) is 11.3 Å². The zero-order chi connectivity index (χ0) is 16.0. The van der Waals surface area contributed by atoms with Crippen LogP contribution in [-0.2, 0) is 5.88 Å². The third kappa shape index (κ3) is 2.33. The Balaban J connectivity index is 1.90. The van der Waals surface area contributed by atoms with Gasteiger partial charge in [0.15, 0.2) is 11.4 Å². The number of fused-ring (bicyclic) bond motifs is 2. The van der Waals surface area contributed by atoms with Crippen LogP contribution in [0.3, 0.4) is 0 Å². The van der Waals surface area contributed by atoms with E-state index in [0.29, 0.717) is 11.6 Å². The summed E-state index contributed by atoms with van der Waals surface area (Å²) < 4.78 is 13.0. The van der Waals surface area contributed by atoms with E-state index in [0.717, 1.165) is 39.3 Å². The average molecular weight is 328 g/mol. The lowest BCUT2D eigenvalue weighted by Gasteiger charge is -2.02. The van der Waals surface area contributed by atoms with E-state index in [1.807, 2.05) is 43.5 Å². The van der Waals surface area contributed by atoms with E-state index in [1.165, 1.54) is 0 Å². The van der Waals surface area contributed by atoms with E-state index in [9.17, 15) is 0 Å². The van der Waals surface area contributed by atoms with Crippen molar-refractivity contribution in [2.75, 3.05) is 7.11 Å². The third-order valence-electron chi connectivity index (χ3n) is 3.78. The molecule has 23 heavy (non-hydrogen) atoms. The predicted molar refractivity (Wildman–Crippen MR) is 89.0 cm³/mol. The zero-order valence-electron chi connectivity index (χ0n) is 12.7. The molecule has 0 aliphatic heterocycles. The standard InChI is InChI=1S/C17H14ClN3O2/c1-10-3-4-17-19-14(9-21(17)20-10)16-7-13-11(8-18)5-12(22-2)6-15(13)23-16/h3-7,9H,8H2,1-2H3. The van der Waals surface area contributed by atoms with Crippen LogP contribution < -0.4 is 4.74 Å². The van der Waals surface area contributed by atoms with E-state index >= 15 is 0 Å². The minimum Gasteiger partial charge on any atom is -0.497 e. The topological polar surface area (TPSA) is 52.6 Å². The molecule has 3 aromatic heterocycles. The molecule has 4 aromatic rings. The Labute approximate surface area is 137 Å². The molecular weight excluding hydrogens is 314 g/mol. The van der Waals surface area contributed by atoms with Gasteiger partial charge in [-0.1, -0.05) is 0 Å². The fraction of sp³-hybridized carbons (Fsp3) is 0.176. The number of furan rings is 1. The molecule has 0 amide bonds. The van der Waals surface area contributed by atoms with Crippen LogP contribution in [0.4, 0.5) is 0 Å². The number of aryl methyl sites for hydroxylation is 1. The summed E-state index contributed by atoms with van der Waals surface area (Å²) in [5, 5.41) is 5.38. The highest BCUT2D eigenvalue weighted by Crippen LogP contribution is 2.33. The molecule has 6 heteroatoms. The van der Waals surface area contributed by atoms with Crippen molar-refractivity contribution < 1.29 is 9.15 Å². The van der Waals surface area contributed by atoms with Crippen molar-refractivity contribution in [2.24, 2.45) is 0 Å². The van der Waals surface area contributed by atoms with E-state index in [1.54, 1.807) is 11.6 Å². The summed E-state index contributed by atoms with van der Waals surface area (Å²) in [5.41, 5.74) is 4.14. The first-order valence-corrected chi connectivity index (χ1v) is 7.71. The largest absolute Gasteiger partial charge is 0.497 e. The number of hydrogen-bond donors (Lipinski definition) is 0. The summed E-state index contributed by atoms with van der Waals surface area (Å²) in [4.78, 5) is 4.56. The second-order valence-corrected chi connectivity index (χ2v) is 5.61. The third-order valence-corrected chi connectivity index (χ3v) is 4.07. The normalized spacial score (nSPS) is 11.4. The molecule has 0 aliphatic rings. The number of aromatic nitrogens is 3. The molecule has 0 spiro atoms. The minimum atomic E-state index is 0.387. The molecule has 4 rings (SSSR count). The lowest BCUT2D eigenvalue weighted by atomic mass is 10.1. The van der Waals surface area contributed by atoms with Crippen molar-refractivity contribution in [1.29, 1.82) is 0 Å². The summed E-state index contributed by atoms with van der Waals surface area (Å²) in [6.07, 6.45) is 1.86. The molecule has 0 radical (unpaired) electrons. The Bertz CT molecular complexity index is 1020. The lowest BCUT2D eigenvalue weighted by molar-refractivity contribution is 0.414. The molecule has 116 valence electrons. The van der Waals surface area contributed by atoms with E-state index in [-0.39, 0.29) is 0 Å². The van der Waals surface area contributed by atoms with Gasteiger partial charge < -0.3 is 9.15 Å². The second-order valence-electron chi connectivity index (χ2n) is 5.35. The highest BCUT2D eigenvalue weighted by molar-refractivity contribution is 6.18. The van der Waals surface area contributed by atoms with Gasteiger partial charge in [-0.25, -0.2) is 9.50 Å². The molecule has 0 atom stereocenters. The number of imidazole rings is 1. The maximum Gasteiger partial charge on any atom is 0.155 e. The first-order chi connectivity index (χ1) is 11.2. The first-order valence-electron chi connectivity index (χ1n) is 7.18. The van der Waals surface area contributed by atoms with E-state index in [2.05, 4.69) is 10.1 Å². The fourth-order valence-corrected chi connectivity index (χ4v) is 2.86. The first kappa shape index (κ1) is 14.1. The smallest absolute Gasteiger partial charge is 0.155 e. The second kappa shape index (κ2) is 5.28. The van der Waals surface area contributed by atoms with E-state index in [4.69, 9.17) is 20.8 Å². The molecular formula is C17H14ClN3O2. The van der Waals surface area contributed by atoms with Gasteiger partial charge in [0, 0.05) is 17.3 Å². The van der Waals surface area contributed by atoms with Gasteiger partial charge in [-0.05, 0) is 36.8 Å². The summed E-state index contributed by atoms with van der Waals surface area (Å²) >= 11 is 6.04. The summed E-state index contributed by atoms with van der Waals surface area (Å²) in [5.74, 6) is 1.79. The number of hydrogen-bond acceptors (Lipinski definition) is 4. The SMILES string of the molecule is COc1cc(CCl)c2cc(-c3cn4nc(C)ccc4n3)oc2c1. The zero-order valence-corrected chi connectivity index (χ0v) is 13.5. The van der Waals surface area contributed by atoms with Gasteiger partial charge in [0.05, 0.1) is 19.0 Å². The Hall–Kier alpha value is -2.53. The predicted octanol–water partition coefficient (Wildman–Crippen LogP) is 4.20. The van der Waals surface area contributed by atoms with Gasteiger partial charge in [-0.2, -0.15) is 5.10 Å². The van der Waals surface area contributed by atoms with Crippen molar-refractivity contribution >= 4 is 28.2 Å². The van der Waals surface area contributed by atoms with Crippen molar-refractivity contribution in [3.63, 3.8) is 0 Å². The summed E-state index contributed by atoms with van der Waals surface area (Å²) in [6, 6.07) is 9.60. The van der Waals surface area contributed by atoms with Crippen LogP contribution in [0.25, 0.3) is 28.1 Å². The fourth-order valence-electron chi connectivity index (χ4n) is 2.63. The summed E-state index contributed by atoms with van der Waals surface area (Å²) in [6.45, 7) is 1.94. The Morgan fingerprint density at radius 2 is 2.13 bits per heavy atom. The maximum absolute atomic E-state index is 6.04. The van der Waals surface area contributed by atoms with Crippen molar-refractivity contribution in [3.8, 4) is 17.2 Å². The molecule has 0 bridgehead atoms. The van der Waals surface area contributed by atoms with Gasteiger partial charge in [-0.15, -0.1) is 11.6 Å². The van der Waals surface area contributed by atoms with Crippen molar-refractivity contribution in [3.05, 3.63) is 47.8 Å². The monoisotopic (exact) mass is 327 g/mol. The quantitative estimate of drug-likeness (QED) is 0.529. The molecule has 0 N–H and O–H groups in total. The molecule has 5 nitrogen and oxygen atoms in total. The number of nitrogens with zero attached hydrogens (tertiary/aromatic N) is 3. The summed E-state index contributed by atoms with van der Waals surface area (Å²) in [7, 11) is 1.62. The molecule has 0 aliphatic carbocycles. The van der Waals surface area contributed by atoms with Crippen molar-refractivity contribution in [1.82, 2.24) is 14.6 Å². The highest BCUT2D eigenvalue weighted by atomic mass is 35.5. The van der Waals surface area contributed by atoms with Gasteiger partial charge in [0.1, 0.15) is 17.0 Å². The van der Waals surface area contributed by atoms with Crippen molar-refractivity contribution in [2.45, 2.75) is 12.8 Å². The Kier molecular flexibility index (Phi) is 3.23. The number of methoxy groups -OCH3 is 1. The molecule has 0 unspecified atom stereocenters. The average Bonchev–Trinajstić information content (AvgIpc) is 3.16. The Morgan fingerprint density at radius 1 is 1.26 bits per heavy atom.